The van der Waals surface area contributed by atoms with E-state index in [4.69, 9.17) is 10.8 Å². The van der Waals surface area contributed by atoms with Gasteiger partial charge in [0, 0.05) is 0 Å². The molecule has 0 atom stereocenters. The Hall–Kier alpha value is -1.10. The van der Waals surface area contributed by atoms with Gasteiger partial charge in [-0.15, -0.1) is 0 Å². The maximum atomic E-state index is 12.5. The molecule has 1 aliphatic carbocycles. The normalized spacial score (nSPS) is 15.7. The van der Waals surface area contributed by atoms with Crippen molar-refractivity contribution in [2.24, 2.45) is 0 Å². The minimum atomic E-state index is -5.10. The summed E-state index contributed by atoms with van der Waals surface area (Å²) in [6.07, 6.45) is 1.63. The summed E-state index contributed by atoms with van der Waals surface area (Å²) in [7, 11) is -9.49. The van der Waals surface area contributed by atoms with Crippen molar-refractivity contribution < 1.29 is 50.9 Å². The zero-order valence-corrected chi connectivity index (χ0v) is 15.0. The summed E-state index contributed by atoms with van der Waals surface area (Å²) in [5.74, 6) is 0. The maximum absolute atomic E-state index is 12.5. The molecule has 22 heavy (non-hydrogen) atoms. The molecule has 110 valence electrons. The SMILES string of the molecule is N=C1C=CC(S(=O)(=O)[O-])=C(S(=O)(=O)c2ccccc2)C1=N.[Na+]. The zero-order chi connectivity index (χ0) is 15.8. The van der Waals surface area contributed by atoms with Crippen molar-refractivity contribution in [3.63, 3.8) is 0 Å². The van der Waals surface area contributed by atoms with Crippen molar-refractivity contribution in [3.8, 4) is 0 Å². The number of allylic oxidation sites excluding steroid dienone is 3. The molecular formula is C12H9N2NaO5S2. The van der Waals surface area contributed by atoms with Crippen LogP contribution in [-0.2, 0) is 20.0 Å². The molecule has 0 heterocycles. The van der Waals surface area contributed by atoms with E-state index in [2.05, 4.69) is 0 Å². The van der Waals surface area contributed by atoms with Crippen molar-refractivity contribution in [2.75, 3.05) is 0 Å². The summed E-state index contributed by atoms with van der Waals surface area (Å²) in [4.78, 5) is -2.24. The second kappa shape index (κ2) is 6.57. The molecule has 2 N–H and O–H groups in total. The van der Waals surface area contributed by atoms with E-state index >= 15 is 0 Å². The van der Waals surface area contributed by atoms with Gasteiger partial charge < -0.3 is 4.55 Å². The van der Waals surface area contributed by atoms with Crippen LogP contribution in [0.1, 0.15) is 0 Å². The van der Waals surface area contributed by atoms with Gasteiger partial charge in [0.1, 0.15) is 15.0 Å². The molecule has 10 heteroatoms. The second-order valence-corrected chi connectivity index (χ2v) is 7.32. The molecular weight excluding hydrogens is 339 g/mol. The smallest absolute Gasteiger partial charge is 0.744 e. The minimum absolute atomic E-state index is 0. The maximum Gasteiger partial charge on any atom is 1.00 e. The van der Waals surface area contributed by atoms with E-state index in [-0.39, 0.29) is 34.5 Å². The standard InChI is InChI=1S/C12H10N2O5S2.Na/c13-9-6-7-10(21(17,18)19)12(11(9)14)20(15,16)8-4-2-1-3-5-8;/h1-7,13-14H,(H,17,18,19);/q;+1/p-1. The molecule has 0 bridgehead atoms. The van der Waals surface area contributed by atoms with Crippen LogP contribution in [0.25, 0.3) is 0 Å². The van der Waals surface area contributed by atoms with Gasteiger partial charge in [0.2, 0.25) is 9.84 Å². The van der Waals surface area contributed by atoms with E-state index in [0.29, 0.717) is 0 Å². The van der Waals surface area contributed by atoms with Crippen LogP contribution in [-0.4, -0.2) is 32.8 Å². The molecule has 0 saturated heterocycles. The molecule has 7 nitrogen and oxygen atoms in total. The van der Waals surface area contributed by atoms with Gasteiger partial charge in [0.15, 0.2) is 0 Å². The van der Waals surface area contributed by atoms with E-state index in [9.17, 15) is 21.4 Å². The number of hydrogen-bond acceptors (Lipinski definition) is 7. The Morgan fingerprint density at radius 3 is 1.95 bits per heavy atom. The molecule has 0 unspecified atom stereocenters. The number of sulfone groups is 1. The zero-order valence-electron chi connectivity index (χ0n) is 11.4. The Kier molecular flexibility index (Phi) is 5.66. The van der Waals surface area contributed by atoms with E-state index in [1.54, 1.807) is 6.07 Å². The third kappa shape index (κ3) is 3.45. The van der Waals surface area contributed by atoms with Crippen LogP contribution in [0.15, 0.2) is 57.2 Å². The average molecular weight is 348 g/mol. The summed E-state index contributed by atoms with van der Waals surface area (Å²) < 4.78 is 58.6. The van der Waals surface area contributed by atoms with Gasteiger partial charge in [-0.25, -0.2) is 16.8 Å². The first-order chi connectivity index (χ1) is 9.65. The quantitative estimate of drug-likeness (QED) is 0.363. The number of hydrogen-bond donors (Lipinski definition) is 2. The number of rotatable bonds is 3. The number of nitrogens with one attached hydrogen (secondary N) is 2. The molecule has 1 aromatic rings. The Morgan fingerprint density at radius 1 is 0.909 bits per heavy atom. The number of benzene rings is 1. The molecule has 0 spiro atoms. The van der Waals surface area contributed by atoms with Gasteiger partial charge in [0.25, 0.3) is 0 Å². The summed E-state index contributed by atoms with van der Waals surface area (Å²) in [5, 5.41) is 15.1. The second-order valence-electron chi connectivity index (χ2n) is 4.09. The summed E-state index contributed by atoms with van der Waals surface area (Å²) in [6.45, 7) is 0. The molecule has 0 fully saturated rings. The fourth-order valence-corrected chi connectivity index (χ4v) is 4.41. The van der Waals surface area contributed by atoms with Crippen LogP contribution >= 0.6 is 0 Å². The van der Waals surface area contributed by atoms with Crippen molar-refractivity contribution >= 4 is 31.4 Å². The Balaban J connectivity index is 0.00000242. The third-order valence-corrected chi connectivity index (χ3v) is 5.58. The Labute approximate surface area is 149 Å². The fraction of sp³-hybridized carbons (Fsp3) is 0. The van der Waals surface area contributed by atoms with Gasteiger partial charge in [-0.3, -0.25) is 10.8 Å². The van der Waals surface area contributed by atoms with Crippen LogP contribution in [0.2, 0.25) is 0 Å². The molecule has 0 aliphatic heterocycles. The van der Waals surface area contributed by atoms with Crippen LogP contribution < -0.4 is 29.6 Å². The van der Waals surface area contributed by atoms with Crippen molar-refractivity contribution in [3.05, 3.63) is 52.3 Å². The predicted octanol–water partition coefficient (Wildman–Crippen LogP) is -2.17. The first-order valence-electron chi connectivity index (χ1n) is 5.52. The van der Waals surface area contributed by atoms with E-state index in [1.165, 1.54) is 24.3 Å². The monoisotopic (exact) mass is 348 g/mol. The molecule has 2 rings (SSSR count). The third-order valence-electron chi connectivity index (χ3n) is 2.71. The van der Waals surface area contributed by atoms with E-state index in [1.807, 2.05) is 0 Å². The van der Waals surface area contributed by atoms with Gasteiger partial charge >= 0.3 is 29.6 Å². The molecule has 0 saturated carbocycles. The average Bonchev–Trinajstić information content (AvgIpc) is 2.41. The summed E-state index contributed by atoms with van der Waals surface area (Å²) >= 11 is 0. The fourth-order valence-electron chi connectivity index (χ4n) is 1.74. The minimum Gasteiger partial charge on any atom is -0.744 e. The first-order valence-corrected chi connectivity index (χ1v) is 8.41. The van der Waals surface area contributed by atoms with Crippen LogP contribution in [0, 0.1) is 10.8 Å². The Morgan fingerprint density at radius 2 is 1.45 bits per heavy atom. The summed E-state index contributed by atoms with van der Waals surface area (Å²) in [6, 6.07) is 6.84. The van der Waals surface area contributed by atoms with Crippen molar-refractivity contribution in [1.82, 2.24) is 0 Å². The van der Waals surface area contributed by atoms with Gasteiger partial charge in [-0.2, -0.15) is 0 Å². The van der Waals surface area contributed by atoms with Crippen molar-refractivity contribution in [2.45, 2.75) is 4.90 Å². The van der Waals surface area contributed by atoms with Crippen LogP contribution in [0.5, 0.6) is 0 Å². The molecule has 1 aliphatic rings. The van der Waals surface area contributed by atoms with Crippen molar-refractivity contribution in [1.29, 1.82) is 10.8 Å². The van der Waals surface area contributed by atoms with Crippen LogP contribution in [0.4, 0.5) is 0 Å². The van der Waals surface area contributed by atoms with Crippen LogP contribution in [0.3, 0.4) is 0 Å². The van der Waals surface area contributed by atoms with E-state index < -0.39 is 41.2 Å². The molecule has 1 aromatic carbocycles. The topological polar surface area (TPSA) is 139 Å². The van der Waals surface area contributed by atoms with Gasteiger partial charge in [-0.05, 0) is 24.3 Å². The Bertz CT molecular complexity index is 900. The molecule has 0 amide bonds. The van der Waals surface area contributed by atoms with Gasteiger partial charge in [-0.1, -0.05) is 18.2 Å². The molecule has 0 radical (unpaired) electrons. The summed E-state index contributed by atoms with van der Waals surface area (Å²) in [5.41, 5.74) is -1.31. The first kappa shape index (κ1) is 18.9. The van der Waals surface area contributed by atoms with Gasteiger partial charge in [0.05, 0.1) is 21.2 Å². The largest absolute Gasteiger partial charge is 1.00 e. The van der Waals surface area contributed by atoms with E-state index in [0.717, 1.165) is 12.2 Å². The predicted molar refractivity (Wildman–Crippen MR) is 74.9 cm³/mol. The molecule has 0 aromatic heterocycles.